The number of nitrogens with one attached hydrogen (secondary N) is 2. The van der Waals surface area contributed by atoms with Crippen molar-refractivity contribution in [3.05, 3.63) is 95.0 Å². The topological polar surface area (TPSA) is 81.1 Å². The summed E-state index contributed by atoms with van der Waals surface area (Å²) in [5.74, 6) is 0.703. The number of nitrogens with zero attached hydrogens (tertiary/aromatic N) is 3. The van der Waals surface area contributed by atoms with Gasteiger partial charge in [0, 0.05) is 48.5 Å². The number of ether oxygens (including phenoxy) is 1. The fourth-order valence-electron chi connectivity index (χ4n) is 4.23. The van der Waals surface area contributed by atoms with E-state index in [2.05, 4.69) is 53.0 Å². The highest BCUT2D eigenvalue weighted by Gasteiger charge is 2.24. The molecule has 0 bridgehead atoms. The van der Waals surface area contributed by atoms with E-state index in [9.17, 15) is 4.79 Å². The molecular weight excluding hydrogens is 482 g/mol. The number of aryl methyl sites for hydroxylation is 1. The molecule has 1 aliphatic rings. The van der Waals surface area contributed by atoms with E-state index >= 15 is 0 Å². The first kappa shape index (κ1) is 24.8. The third-order valence-electron chi connectivity index (χ3n) is 6.54. The Kier molecular flexibility index (Phi) is 7.10. The number of hydrogen-bond acceptors (Lipinski definition) is 6. The molecule has 0 saturated heterocycles. The van der Waals surface area contributed by atoms with E-state index in [1.165, 1.54) is 12.0 Å². The van der Waals surface area contributed by atoms with Gasteiger partial charge in [-0.3, -0.25) is 9.78 Å². The number of allylic oxidation sites excluding steroid dienone is 1. The Balaban J connectivity index is 1.29. The third-order valence-corrected chi connectivity index (χ3v) is 7.30. The Bertz CT molecular complexity index is 1410. The fraction of sp³-hybridized carbons (Fsp3) is 0.276. The first-order valence-corrected chi connectivity index (χ1v) is 13.3. The lowest BCUT2D eigenvalue weighted by atomic mass is 9.90. The van der Waals surface area contributed by atoms with Crippen LogP contribution in [0.25, 0.3) is 11.3 Å². The highest BCUT2D eigenvalue weighted by atomic mass is 32.1. The maximum absolute atomic E-state index is 12.6. The van der Waals surface area contributed by atoms with Crippen LogP contribution in [0.2, 0.25) is 0 Å². The lowest BCUT2D eigenvalue weighted by Crippen LogP contribution is -2.29. The van der Waals surface area contributed by atoms with E-state index in [4.69, 9.17) is 9.72 Å². The minimum atomic E-state index is -0.521. The van der Waals surface area contributed by atoms with Gasteiger partial charge < -0.3 is 19.9 Å². The van der Waals surface area contributed by atoms with Gasteiger partial charge in [0.2, 0.25) is 0 Å². The molecule has 1 aliphatic carbocycles. The number of carbonyl (C=O) groups is 1. The average Bonchev–Trinajstić information content (AvgIpc) is 3.51. The normalized spacial score (nSPS) is 13.1. The Morgan fingerprint density at radius 3 is 2.68 bits per heavy atom. The van der Waals surface area contributed by atoms with Gasteiger partial charge in [-0.05, 0) is 68.5 Å². The Morgan fingerprint density at radius 1 is 1.16 bits per heavy atom. The van der Waals surface area contributed by atoms with Crippen molar-refractivity contribution in [3.8, 4) is 17.0 Å². The van der Waals surface area contributed by atoms with Gasteiger partial charge in [-0.15, -0.1) is 11.3 Å². The van der Waals surface area contributed by atoms with Crippen LogP contribution in [-0.4, -0.2) is 27.0 Å². The molecule has 4 aromatic rings. The van der Waals surface area contributed by atoms with E-state index in [1.807, 2.05) is 48.3 Å². The predicted octanol–water partition coefficient (Wildman–Crippen LogP) is 6.14. The number of amides is 1. The first-order chi connectivity index (χ1) is 17.9. The Labute approximate surface area is 221 Å². The summed E-state index contributed by atoms with van der Waals surface area (Å²) in [7, 11) is 1.91. The summed E-state index contributed by atoms with van der Waals surface area (Å²) in [6.07, 6.45) is 10.4. The van der Waals surface area contributed by atoms with Crippen LogP contribution in [0, 0.1) is 0 Å². The Morgan fingerprint density at radius 2 is 1.97 bits per heavy atom. The second-order valence-corrected chi connectivity index (χ2v) is 10.6. The molecule has 190 valence electrons. The molecule has 0 spiro atoms. The summed E-state index contributed by atoms with van der Waals surface area (Å²) < 4.78 is 8.12. The van der Waals surface area contributed by atoms with Crippen LogP contribution >= 0.6 is 11.3 Å². The van der Waals surface area contributed by atoms with Crippen molar-refractivity contribution >= 4 is 22.4 Å². The van der Waals surface area contributed by atoms with E-state index in [-0.39, 0.29) is 5.91 Å². The van der Waals surface area contributed by atoms with E-state index in [0.29, 0.717) is 12.1 Å². The molecule has 0 unspecified atom stereocenters. The first-order valence-electron chi connectivity index (χ1n) is 12.4. The number of anilines is 1. The molecule has 1 fully saturated rings. The van der Waals surface area contributed by atoms with Gasteiger partial charge in [-0.2, -0.15) is 0 Å². The minimum absolute atomic E-state index is 0.0759. The molecule has 7 nitrogen and oxygen atoms in total. The van der Waals surface area contributed by atoms with Crippen molar-refractivity contribution in [1.29, 1.82) is 0 Å². The van der Waals surface area contributed by atoms with Gasteiger partial charge in [0.25, 0.3) is 5.91 Å². The number of thiazole rings is 1. The number of rotatable bonds is 9. The number of hydrogen-bond donors (Lipinski definition) is 2. The minimum Gasteiger partial charge on any atom is -0.483 e. The monoisotopic (exact) mass is 513 g/mol. The molecular formula is C29H31N5O2S. The van der Waals surface area contributed by atoms with E-state index < -0.39 is 5.60 Å². The zero-order chi connectivity index (χ0) is 25.8. The molecule has 1 saturated carbocycles. The average molecular weight is 514 g/mol. The van der Waals surface area contributed by atoms with Crippen LogP contribution in [0.5, 0.6) is 5.75 Å². The zero-order valence-electron chi connectivity index (χ0n) is 21.3. The molecule has 3 heterocycles. The van der Waals surface area contributed by atoms with Crippen LogP contribution in [-0.2, 0) is 12.6 Å². The van der Waals surface area contributed by atoms with Crippen LogP contribution in [0.3, 0.4) is 0 Å². The largest absolute Gasteiger partial charge is 0.483 e. The van der Waals surface area contributed by atoms with Crippen molar-refractivity contribution in [1.82, 2.24) is 19.9 Å². The van der Waals surface area contributed by atoms with Crippen molar-refractivity contribution < 1.29 is 9.53 Å². The number of benzene rings is 1. The summed E-state index contributed by atoms with van der Waals surface area (Å²) in [5.41, 5.74) is 5.52. The number of carbonyl (C=O) groups excluding carboxylic acids is 1. The molecule has 5 rings (SSSR count). The van der Waals surface area contributed by atoms with Crippen molar-refractivity contribution in [2.45, 2.75) is 38.7 Å². The van der Waals surface area contributed by atoms with Crippen molar-refractivity contribution in [2.24, 2.45) is 7.05 Å². The van der Waals surface area contributed by atoms with Crippen LogP contribution in [0.1, 0.15) is 49.0 Å². The summed E-state index contributed by atoms with van der Waals surface area (Å²) in [4.78, 5) is 21.5. The molecule has 2 N–H and O–H groups in total. The standard InChI is InChI=1S/C29H31N5O2S/c1-29(2,36-24-10-13-30-14-11-24)23-9-5-8-21(16-23)26-19-37-28(33-26)32-25(20-6-4-7-20)17-31-27(35)22-12-15-34(3)18-22/h5,8-16,18-19H,4,6-7,17H2,1-3H3,(H,31,35)(H,32,33). The highest BCUT2D eigenvalue weighted by Crippen LogP contribution is 2.33. The molecule has 0 radical (unpaired) electrons. The second-order valence-electron chi connectivity index (χ2n) is 9.72. The van der Waals surface area contributed by atoms with Crippen molar-refractivity contribution in [3.63, 3.8) is 0 Å². The van der Waals surface area contributed by atoms with Gasteiger partial charge >= 0.3 is 0 Å². The second kappa shape index (κ2) is 10.6. The van der Waals surface area contributed by atoms with Gasteiger partial charge in [-0.1, -0.05) is 18.2 Å². The zero-order valence-corrected chi connectivity index (χ0v) is 22.1. The number of aromatic nitrogens is 3. The lowest BCUT2D eigenvalue weighted by Gasteiger charge is -2.27. The smallest absolute Gasteiger partial charge is 0.253 e. The van der Waals surface area contributed by atoms with Crippen molar-refractivity contribution in [2.75, 3.05) is 11.9 Å². The van der Waals surface area contributed by atoms with E-state index in [0.717, 1.165) is 46.2 Å². The summed E-state index contributed by atoms with van der Waals surface area (Å²) in [6.45, 7) is 4.57. The van der Waals surface area contributed by atoms with Crippen LogP contribution in [0.4, 0.5) is 5.13 Å². The molecule has 8 heteroatoms. The summed E-state index contributed by atoms with van der Waals surface area (Å²) in [5, 5.41) is 9.42. The Hall–Kier alpha value is -3.91. The maximum Gasteiger partial charge on any atom is 0.253 e. The van der Waals surface area contributed by atoms with E-state index in [1.54, 1.807) is 23.7 Å². The summed E-state index contributed by atoms with van der Waals surface area (Å²) in [6, 6.07) is 13.9. The van der Waals surface area contributed by atoms with Gasteiger partial charge in [0.05, 0.1) is 17.8 Å². The van der Waals surface area contributed by atoms with Crippen LogP contribution in [0.15, 0.2) is 83.9 Å². The quantitative estimate of drug-likeness (QED) is 0.281. The lowest BCUT2D eigenvalue weighted by molar-refractivity contribution is 0.0956. The fourth-order valence-corrected chi connectivity index (χ4v) is 4.97. The SMILES string of the molecule is Cn1ccc(C(=O)NCC(Nc2nc(-c3cccc(C(C)(C)Oc4ccncc4)c3)cs2)=C2CCC2)c1. The molecule has 0 atom stereocenters. The molecule has 3 aromatic heterocycles. The molecule has 1 amide bonds. The number of pyridine rings is 1. The maximum atomic E-state index is 12.6. The van der Waals surface area contributed by atoms with Gasteiger partial charge in [0.1, 0.15) is 11.4 Å². The van der Waals surface area contributed by atoms with Crippen LogP contribution < -0.4 is 15.4 Å². The predicted molar refractivity (Wildman–Crippen MR) is 148 cm³/mol. The third kappa shape index (κ3) is 5.91. The van der Waals surface area contributed by atoms with Gasteiger partial charge in [-0.25, -0.2) is 4.98 Å². The van der Waals surface area contributed by atoms with Gasteiger partial charge in [0.15, 0.2) is 5.13 Å². The highest BCUT2D eigenvalue weighted by molar-refractivity contribution is 7.14. The molecule has 37 heavy (non-hydrogen) atoms. The molecule has 1 aromatic carbocycles. The summed E-state index contributed by atoms with van der Waals surface area (Å²) >= 11 is 1.56. The molecule has 0 aliphatic heterocycles.